The van der Waals surface area contributed by atoms with Crippen LogP contribution in [0, 0.1) is 11.3 Å². The van der Waals surface area contributed by atoms with Crippen LogP contribution in [0.1, 0.15) is 32.2 Å². The fourth-order valence-electron chi connectivity index (χ4n) is 2.38. The van der Waals surface area contributed by atoms with Crippen LogP contribution in [0.25, 0.3) is 16.3 Å². The average molecular weight is 296 g/mol. The van der Waals surface area contributed by atoms with Gasteiger partial charge in [-0.2, -0.15) is 5.26 Å². The van der Waals surface area contributed by atoms with Gasteiger partial charge in [-0.05, 0) is 12.1 Å². The molecule has 3 aromatic rings. The number of hydrogen-bond acceptors (Lipinski definition) is 4. The molecule has 106 valence electrons. The molecule has 3 heterocycles. The Morgan fingerprint density at radius 2 is 2.14 bits per heavy atom. The number of thiazole rings is 1. The summed E-state index contributed by atoms with van der Waals surface area (Å²) in [6.45, 7) is 6.52. The molecule has 0 fully saturated rings. The van der Waals surface area contributed by atoms with Crippen LogP contribution in [0.4, 0.5) is 0 Å². The largest absolute Gasteiger partial charge is 0.289 e. The van der Waals surface area contributed by atoms with Gasteiger partial charge in [0.2, 0.25) is 0 Å². The predicted octanol–water partition coefficient (Wildman–Crippen LogP) is 3.82. The van der Waals surface area contributed by atoms with E-state index < -0.39 is 0 Å². The van der Waals surface area contributed by atoms with E-state index in [1.807, 2.05) is 18.2 Å². The number of aromatic nitrogens is 3. The molecule has 0 aliphatic rings. The monoisotopic (exact) mass is 296 g/mol. The molecule has 0 aromatic carbocycles. The maximum Gasteiger partial charge on any atom is 0.194 e. The lowest BCUT2D eigenvalue weighted by Crippen LogP contribution is -2.15. The van der Waals surface area contributed by atoms with Gasteiger partial charge in [-0.1, -0.05) is 26.8 Å². The highest BCUT2D eigenvalue weighted by atomic mass is 32.1. The number of rotatable bonds is 2. The highest BCUT2D eigenvalue weighted by molar-refractivity contribution is 7.15. The Hall–Kier alpha value is -2.19. The maximum atomic E-state index is 9.19. The molecule has 0 spiro atoms. The molecule has 0 radical (unpaired) electrons. The lowest BCUT2D eigenvalue weighted by Gasteiger charge is -2.18. The fourth-order valence-corrected chi connectivity index (χ4v) is 3.51. The topological polar surface area (TPSA) is 54.0 Å². The molecule has 0 amide bonds. The molecular formula is C16H16N4S. The number of pyridine rings is 1. The summed E-state index contributed by atoms with van der Waals surface area (Å²) >= 11 is 1.61. The summed E-state index contributed by atoms with van der Waals surface area (Å²) in [6.07, 6.45) is 2.08. The maximum absolute atomic E-state index is 9.19. The van der Waals surface area contributed by atoms with E-state index in [1.165, 1.54) is 5.69 Å². The summed E-state index contributed by atoms with van der Waals surface area (Å²) in [4.78, 5) is 10.0. The van der Waals surface area contributed by atoms with E-state index in [4.69, 9.17) is 4.98 Å². The van der Waals surface area contributed by atoms with Gasteiger partial charge in [0.1, 0.15) is 5.69 Å². The Kier molecular flexibility index (Phi) is 3.26. The number of nitriles is 1. The molecule has 21 heavy (non-hydrogen) atoms. The van der Waals surface area contributed by atoms with Crippen molar-refractivity contribution in [3.63, 3.8) is 0 Å². The Bertz CT molecular complexity index is 816. The third-order valence-electron chi connectivity index (χ3n) is 3.38. The number of fused-ring (bicyclic) bond motifs is 1. The first-order valence-electron chi connectivity index (χ1n) is 6.80. The normalized spacial score (nSPS) is 11.7. The van der Waals surface area contributed by atoms with Crippen molar-refractivity contribution in [3.05, 3.63) is 41.2 Å². The van der Waals surface area contributed by atoms with Crippen LogP contribution >= 0.6 is 11.3 Å². The smallest absolute Gasteiger partial charge is 0.194 e. The van der Waals surface area contributed by atoms with Gasteiger partial charge >= 0.3 is 0 Å². The second-order valence-corrected chi connectivity index (χ2v) is 6.78. The predicted molar refractivity (Wildman–Crippen MR) is 84.3 cm³/mol. The van der Waals surface area contributed by atoms with E-state index in [1.54, 1.807) is 17.5 Å². The van der Waals surface area contributed by atoms with Gasteiger partial charge in [-0.3, -0.25) is 9.38 Å². The van der Waals surface area contributed by atoms with Crippen molar-refractivity contribution >= 4 is 16.3 Å². The van der Waals surface area contributed by atoms with Crippen molar-refractivity contribution in [3.8, 4) is 17.5 Å². The molecule has 0 unspecified atom stereocenters. The van der Waals surface area contributed by atoms with Gasteiger partial charge in [-0.15, -0.1) is 11.3 Å². The van der Waals surface area contributed by atoms with Gasteiger partial charge < -0.3 is 0 Å². The van der Waals surface area contributed by atoms with Crippen LogP contribution in [-0.4, -0.2) is 14.4 Å². The van der Waals surface area contributed by atoms with Crippen molar-refractivity contribution in [2.45, 2.75) is 32.6 Å². The summed E-state index contributed by atoms with van der Waals surface area (Å²) in [7, 11) is 0. The first kappa shape index (κ1) is 13.8. The third kappa shape index (κ3) is 2.32. The molecule has 0 atom stereocenters. The number of imidazole rings is 1. The molecular weight excluding hydrogens is 280 g/mol. The second-order valence-electron chi connectivity index (χ2n) is 5.95. The molecule has 0 saturated heterocycles. The van der Waals surface area contributed by atoms with E-state index in [2.05, 4.69) is 41.6 Å². The molecule has 0 aliphatic heterocycles. The minimum atomic E-state index is 0.00451. The standard InChI is InChI=1S/C16H16N4S/c1-16(2,3)13-10-21-15-19-14(11-6-4-5-9-18-11)12(7-8-17)20(13)15/h4-6,9-10H,7H2,1-3H3. The van der Waals surface area contributed by atoms with Crippen LogP contribution in [0.3, 0.4) is 0 Å². The summed E-state index contributed by atoms with van der Waals surface area (Å²) in [5, 5.41) is 11.3. The zero-order chi connectivity index (χ0) is 15.0. The minimum Gasteiger partial charge on any atom is -0.289 e. The summed E-state index contributed by atoms with van der Waals surface area (Å²) in [6, 6.07) is 8.01. The van der Waals surface area contributed by atoms with Crippen LogP contribution in [-0.2, 0) is 11.8 Å². The molecule has 4 nitrogen and oxygen atoms in total. The van der Waals surface area contributed by atoms with Crippen molar-refractivity contribution < 1.29 is 0 Å². The van der Waals surface area contributed by atoms with E-state index in [-0.39, 0.29) is 5.41 Å². The van der Waals surface area contributed by atoms with Crippen molar-refractivity contribution in [2.75, 3.05) is 0 Å². The first-order valence-corrected chi connectivity index (χ1v) is 7.68. The van der Waals surface area contributed by atoms with Gasteiger partial charge in [0, 0.05) is 22.7 Å². The van der Waals surface area contributed by atoms with Gasteiger partial charge in [-0.25, -0.2) is 4.98 Å². The van der Waals surface area contributed by atoms with E-state index in [9.17, 15) is 5.26 Å². The summed E-state index contributed by atoms with van der Waals surface area (Å²) < 4.78 is 2.12. The molecule has 3 rings (SSSR count). The molecule has 5 heteroatoms. The number of hydrogen-bond donors (Lipinski definition) is 0. The molecule has 0 saturated carbocycles. The highest BCUT2D eigenvalue weighted by Crippen LogP contribution is 2.33. The van der Waals surface area contributed by atoms with Crippen LogP contribution in [0.15, 0.2) is 29.8 Å². The Morgan fingerprint density at radius 3 is 2.76 bits per heavy atom. The number of nitrogens with zero attached hydrogens (tertiary/aromatic N) is 4. The Morgan fingerprint density at radius 1 is 1.33 bits per heavy atom. The summed E-state index contributed by atoms with van der Waals surface area (Å²) in [5.74, 6) is 0. The zero-order valence-electron chi connectivity index (χ0n) is 12.3. The molecule has 0 aliphatic carbocycles. The quantitative estimate of drug-likeness (QED) is 0.722. The Labute approximate surface area is 127 Å². The van der Waals surface area contributed by atoms with E-state index in [0.717, 1.165) is 22.0 Å². The van der Waals surface area contributed by atoms with Crippen molar-refractivity contribution in [1.82, 2.24) is 14.4 Å². The average Bonchev–Trinajstić information content (AvgIpc) is 3.00. The lowest BCUT2D eigenvalue weighted by molar-refractivity contribution is 0.562. The zero-order valence-corrected chi connectivity index (χ0v) is 13.1. The third-order valence-corrected chi connectivity index (χ3v) is 4.21. The molecule has 0 N–H and O–H groups in total. The second kappa shape index (κ2) is 4.97. The van der Waals surface area contributed by atoms with Crippen LogP contribution < -0.4 is 0 Å². The van der Waals surface area contributed by atoms with Crippen molar-refractivity contribution in [2.24, 2.45) is 0 Å². The highest BCUT2D eigenvalue weighted by Gasteiger charge is 2.24. The van der Waals surface area contributed by atoms with E-state index >= 15 is 0 Å². The van der Waals surface area contributed by atoms with Gasteiger partial charge in [0.05, 0.1) is 23.9 Å². The SMILES string of the molecule is CC(C)(C)c1csc2nc(-c3ccccn3)c(CC#N)n12. The molecule has 0 bridgehead atoms. The minimum absolute atomic E-state index is 0.00451. The lowest BCUT2D eigenvalue weighted by atomic mass is 9.93. The van der Waals surface area contributed by atoms with E-state index in [0.29, 0.717) is 6.42 Å². The molecule has 3 aromatic heterocycles. The summed E-state index contributed by atoms with van der Waals surface area (Å²) in [5.41, 5.74) is 3.75. The van der Waals surface area contributed by atoms with Crippen LogP contribution in [0.5, 0.6) is 0 Å². The van der Waals surface area contributed by atoms with Gasteiger partial charge in [0.25, 0.3) is 0 Å². The first-order chi connectivity index (χ1) is 10.0. The van der Waals surface area contributed by atoms with Crippen molar-refractivity contribution in [1.29, 1.82) is 5.26 Å². The van der Waals surface area contributed by atoms with Gasteiger partial charge in [0.15, 0.2) is 4.96 Å². The Balaban J connectivity index is 2.30. The fraction of sp³-hybridized carbons (Fsp3) is 0.312. The van der Waals surface area contributed by atoms with Crippen LogP contribution in [0.2, 0.25) is 0 Å².